The standard InChI is InChI=1S/C22H24N6O7/c1-3-7-27-20-18(21(32)28(8-4-2)22(27)33)24-19(25-20)15-10-17(26-35-15)34-11-16(31)23-12-5-6-13(29)14(30)9-12/h5-6,9-10,29-30H,3-4,7-8,11H2,1-2H3,(H,23,31)(H,24,25). The van der Waals surface area contributed by atoms with E-state index >= 15 is 0 Å². The van der Waals surface area contributed by atoms with Crippen LogP contribution in [0, 0.1) is 0 Å². The summed E-state index contributed by atoms with van der Waals surface area (Å²) in [5.74, 6) is -0.890. The minimum atomic E-state index is -0.538. The normalized spacial score (nSPS) is 11.1. The average molecular weight is 484 g/mol. The minimum absolute atomic E-state index is 0.00139. The molecule has 4 aromatic rings. The van der Waals surface area contributed by atoms with Crippen LogP contribution in [0.3, 0.4) is 0 Å². The van der Waals surface area contributed by atoms with Gasteiger partial charge in [-0.1, -0.05) is 13.8 Å². The van der Waals surface area contributed by atoms with Crippen molar-refractivity contribution in [2.75, 3.05) is 11.9 Å². The van der Waals surface area contributed by atoms with Crippen LogP contribution in [0.25, 0.3) is 22.7 Å². The van der Waals surface area contributed by atoms with E-state index in [9.17, 15) is 24.6 Å². The molecule has 0 saturated carbocycles. The smallest absolute Gasteiger partial charge is 0.332 e. The summed E-state index contributed by atoms with van der Waals surface area (Å²) in [5, 5.41) is 25.1. The Balaban J connectivity index is 1.53. The van der Waals surface area contributed by atoms with Crippen LogP contribution in [-0.2, 0) is 17.9 Å². The summed E-state index contributed by atoms with van der Waals surface area (Å²) in [7, 11) is 0. The fourth-order valence-corrected chi connectivity index (χ4v) is 3.51. The van der Waals surface area contributed by atoms with Crippen molar-refractivity contribution in [3.8, 4) is 29.0 Å². The number of aromatic amines is 1. The maximum absolute atomic E-state index is 12.8. The van der Waals surface area contributed by atoms with Gasteiger partial charge in [-0.05, 0) is 30.1 Å². The first kappa shape index (κ1) is 23.6. The third-order valence-corrected chi connectivity index (χ3v) is 5.09. The van der Waals surface area contributed by atoms with Crippen molar-refractivity contribution in [3.05, 3.63) is 45.1 Å². The number of aromatic nitrogens is 5. The molecule has 3 heterocycles. The molecule has 13 nitrogen and oxygen atoms in total. The predicted molar refractivity (Wildman–Crippen MR) is 125 cm³/mol. The number of aromatic hydroxyl groups is 2. The van der Waals surface area contributed by atoms with E-state index in [-0.39, 0.29) is 52.4 Å². The fraction of sp³-hybridized carbons (Fsp3) is 0.318. The molecule has 13 heteroatoms. The third kappa shape index (κ3) is 4.74. The van der Waals surface area contributed by atoms with Crippen LogP contribution in [-0.4, -0.2) is 47.0 Å². The van der Waals surface area contributed by atoms with Crippen molar-refractivity contribution >= 4 is 22.8 Å². The molecule has 0 unspecified atom stereocenters. The highest BCUT2D eigenvalue weighted by atomic mass is 16.5. The Hall–Kier alpha value is -4.55. The Kier molecular flexibility index (Phi) is 6.57. The van der Waals surface area contributed by atoms with Gasteiger partial charge in [-0.3, -0.25) is 18.7 Å². The van der Waals surface area contributed by atoms with Crippen LogP contribution in [0.5, 0.6) is 17.4 Å². The van der Waals surface area contributed by atoms with E-state index in [1.807, 2.05) is 13.8 Å². The summed E-state index contributed by atoms with van der Waals surface area (Å²) in [4.78, 5) is 45.0. The van der Waals surface area contributed by atoms with Gasteiger partial charge in [0.15, 0.2) is 35.1 Å². The Morgan fingerprint density at radius 2 is 1.86 bits per heavy atom. The van der Waals surface area contributed by atoms with Crippen LogP contribution >= 0.6 is 0 Å². The number of hydrogen-bond acceptors (Lipinski definition) is 9. The Labute approximate surface area is 197 Å². The average Bonchev–Trinajstić information content (AvgIpc) is 3.48. The van der Waals surface area contributed by atoms with E-state index in [0.717, 1.165) is 0 Å². The minimum Gasteiger partial charge on any atom is -0.504 e. The quantitative estimate of drug-likeness (QED) is 0.204. The Morgan fingerprint density at radius 1 is 1.11 bits per heavy atom. The number of nitrogens with one attached hydrogen (secondary N) is 2. The molecule has 1 amide bonds. The lowest BCUT2D eigenvalue weighted by Crippen LogP contribution is -2.40. The Bertz CT molecular complexity index is 1500. The first-order chi connectivity index (χ1) is 16.8. The van der Waals surface area contributed by atoms with Gasteiger partial charge in [-0.2, -0.15) is 0 Å². The lowest BCUT2D eigenvalue weighted by Gasteiger charge is -2.09. The number of hydrogen-bond donors (Lipinski definition) is 4. The number of phenols is 2. The number of H-pyrrole nitrogens is 1. The second-order valence-electron chi connectivity index (χ2n) is 7.74. The molecule has 1 aromatic carbocycles. The number of phenolic OH excluding ortho intramolecular Hbond substituents is 2. The zero-order valence-corrected chi connectivity index (χ0v) is 19.1. The number of anilines is 1. The van der Waals surface area contributed by atoms with E-state index in [1.165, 1.54) is 33.4 Å². The van der Waals surface area contributed by atoms with Gasteiger partial charge in [0.1, 0.15) is 0 Å². The van der Waals surface area contributed by atoms with Gasteiger partial charge in [0, 0.05) is 24.8 Å². The fourth-order valence-electron chi connectivity index (χ4n) is 3.51. The van der Waals surface area contributed by atoms with Gasteiger partial charge < -0.3 is 29.8 Å². The van der Waals surface area contributed by atoms with E-state index in [0.29, 0.717) is 19.4 Å². The number of nitrogens with zero attached hydrogens (tertiary/aromatic N) is 4. The van der Waals surface area contributed by atoms with Gasteiger partial charge in [0.2, 0.25) is 5.76 Å². The molecule has 0 bridgehead atoms. The highest BCUT2D eigenvalue weighted by Gasteiger charge is 2.20. The molecule has 0 aliphatic rings. The molecule has 4 N–H and O–H groups in total. The van der Waals surface area contributed by atoms with Crippen LogP contribution < -0.4 is 21.3 Å². The number of rotatable bonds is 9. The van der Waals surface area contributed by atoms with E-state index in [4.69, 9.17) is 9.26 Å². The van der Waals surface area contributed by atoms with Crippen LogP contribution in [0.2, 0.25) is 0 Å². The molecule has 0 saturated heterocycles. The first-order valence-corrected chi connectivity index (χ1v) is 11.0. The number of amides is 1. The number of carbonyl (C=O) groups excluding carboxylic acids is 1. The molecule has 0 fully saturated rings. The number of imidazole rings is 1. The van der Waals surface area contributed by atoms with Crippen molar-refractivity contribution < 1.29 is 24.3 Å². The lowest BCUT2D eigenvalue weighted by molar-refractivity contribution is -0.118. The maximum atomic E-state index is 12.8. The summed E-state index contributed by atoms with van der Waals surface area (Å²) in [6.07, 6.45) is 1.30. The summed E-state index contributed by atoms with van der Waals surface area (Å²) < 4.78 is 13.2. The van der Waals surface area contributed by atoms with Crippen LogP contribution in [0.1, 0.15) is 26.7 Å². The van der Waals surface area contributed by atoms with Crippen molar-refractivity contribution in [3.63, 3.8) is 0 Å². The summed E-state index contributed by atoms with van der Waals surface area (Å²) >= 11 is 0. The van der Waals surface area contributed by atoms with Gasteiger partial charge in [-0.15, -0.1) is 0 Å². The Morgan fingerprint density at radius 3 is 2.57 bits per heavy atom. The highest BCUT2D eigenvalue weighted by Crippen LogP contribution is 2.27. The molecule has 0 spiro atoms. The lowest BCUT2D eigenvalue weighted by atomic mass is 10.3. The molecular formula is C22H24N6O7. The molecule has 3 aromatic heterocycles. The van der Waals surface area contributed by atoms with E-state index in [1.54, 1.807) is 0 Å². The van der Waals surface area contributed by atoms with Crippen molar-refractivity contribution in [1.82, 2.24) is 24.3 Å². The summed E-state index contributed by atoms with van der Waals surface area (Å²) in [6, 6.07) is 5.23. The topological polar surface area (TPSA) is 178 Å². The first-order valence-electron chi connectivity index (χ1n) is 11.0. The number of ether oxygens (including phenoxy) is 1. The van der Waals surface area contributed by atoms with Crippen molar-refractivity contribution in [2.45, 2.75) is 39.8 Å². The molecule has 0 atom stereocenters. The zero-order valence-electron chi connectivity index (χ0n) is 19.1. The third-order valence-electron chi connectivity index (χ3n) is 5.09. The SMILES string of the molecule is CCCn1c(=O)c2[nH]c(-c3cc(OCC(=O)Nc4ccc(O)c(O)c4)no3)nc2n(CCC)c1=O. The van der Waals surface area contributed by atoms with Crippen molar-refractivity contribution in [2.24, 2.45) is 0 Å². The van der Waals surface area contributed by atoms with Crippen LogP contribution in [0.15, 0.2) is 38.4 Å². The van der Waals surface area contributed by atoms with E-state index < -0.39 is 23.8 Å². The predicted octanol–water partition coefficient (Wildman–Crippen LogP) is 1.79. The van der Waals surface area contributed by atoms with Gasteiger partial charge >= 0.3 is 5.69 Å². The van der Waals surface area contributed by atoms with Crippen LogP contribution in [0.4, 0.5) is 5.69 Å². The molecule has 0 radical (unpaired) electrons. The van der Waals surface area contributed by atoms with E-state index in [2.05, 4.69) is 20.4 Å². The zero-order chi connectivity index (χ0) is 25.1. The number of benzene rings is 1. The van der Waals surface area contributed by atoms with Gasteiger partial charge in [0.05, 0.1) is 6.07 Å². The molecule has 0 aliphatic heterocycles. The second-order valence-corrected chi connectivity index (χ2v) is 7.74. The summed E-state index contributed by atoms with van der Waals surface area (Å²) in [5.41, 5.74) is -0.218. The second kappa shape index (κ2) is 9.75. The maximum Gasteiger partial charge on any atom is 0.332 e. The van der Waals surface area contributed by atoms with Gasteiger partial charge in [-0.25, -0.2) is 9.78 Å². The number of carbonyl (C=O) groups is 1. The molecular weight excluding hydrogens is 460 g/mol. The molecule has 0 aliphatic carbocycles. The highest BCUT2D eigenvalue weighted by molar-refractivity contribution is 5.92. The molecule has 184 valence electrons. The number of fused-ring (bicyclic) bond motifs is 1. The number of aryl methyl sites for hydroxylation is 1. The largest absolute Gasteiger partial charge is 0.504 e. The van der Waals surface area contributed by atoms with Gasteiger partial charge in [0.25, 0.3) is 17.3 Å². The monoisotopic (exact) mass is 484 g/mol. The summed E-state index contributed by atoms with van der Waals surface area (Å²) in [6.45, 7) is 4.07. The molecule has 35 heavy (non-hydrogen) atoms. The molecule has 4 rings (SSSR count). The van der Waals surface area contributed by atoms with Crippen molar-refractivity contribution in [1.29, 1.82) is 0 Å².